The van der Waals surface area contributed by atoms with E-state index in [4.69, 9.17) is 0 Å². The summed E-state index contributed by atoms with van der Waals surface area (Å²) in [6.45, 7) is 0. The molecule has 5 heteroatoms. The standard InChI is InChI=1S/C16H21N3S2/c1-19-12-4-5-13(19)8-11(7-12)17-10-3-6-14-15(9-10)21-16(18-14)20-2/h3,6,9,11-13,17H,4-5,7-8H2,1-2H3. The number of hydrogen-bond acceptors (Lipinski definition) is 5. The van der Waals surface area contributed by atoms with Gasteiger partial charge < -0.3 is 10.2 Å². The molecule has 112 valence electrons. The summed E-state index contributed by atoms with van der Waals surface area (Å²) >= 11 is 3.52. The first-order chi connectivity index (χ1) is 10.2. The Morgan fingerprint density at radius 2 is 2.05 bits per heavy atom. The van der Waals surface area contributed by atoms with E-state index >= 15 is 0 Å². The normalized spacial score (nSPS) is 29.1. The van der Waals surface area contributed by atoms with E-state index < -0.39 is 0 Å². The molecule has 2 bridgehead atoms. The molecule has 2 aromatic rings. The van der Waals surface area contributed by atoms with E-state index in [1.807, 2.05) is 0 Å². The Morgan fingerprint density at radius 3 is 2.76 bits per heavy atom. The van der Waals surface area contributed by atoms with Crippen LogP contribution in [0, 0.1) is 0 Å². The van der Waals surface area contributed by atoms with E-state index in [9.17, 15) is 0 Å². The first-order valence-corrected chi connectivity index (χ1v) is 9.70. The number of piperidine rings is 1. The Kier molecular flexibility index (Phi) is 3.59. The zero-order valence-electron chi connectivity index (χ0n) is 12.5. The number of nitrogens with zero attached hydrogens (tertiary/aromatic N) is 2. The summed E-state index contributed by atoms with van der Waals surface area (Å²) in [6.07, 6.45) is 7.41. The summed E-state index contributed by atoms with van der Waals surface area (Å²) in [5.41, 5.74) is 2.38. The molecular formula is C16H21N3S2. The topological polar surface area (TPSA) is 28.2 Å². The number of thioether (sulfide) groups is 1. The molecule has 2 atom stereocenters. The first-order valence-electron chi connectivity index (χ1n) is 7.66. The van der Waals surface area contributed by atoms with E-state index in [0.29, 0.717) is 6.04 Å². The summed E-state index contributed by atoms with van der Waals surface area (Å²) < 4.78 is 2.44. The number of benzene rings is 1. The molecule has 2 aliphatic heterocycles. The molecule has 4 rings (SSSR count). The van der Waals surface area contributed by atoms with E-state index in [2.05, 4.69) is 46.7 Å². The molecule has 1 N–H and O–H groups in total. The average molecular weight is 319 g/mol. The molecule has 3 heterocycles. The molecule has 1 aromatic heterocycles. The molecule has 21 heavy (non-hydrogen) atoms. The van der Waals surface area contributed by atoms with Gasteiger partial charge in [-0.3, -0.25) is 0 Å². The highest BCUT2D eigenvalue weighted by atomic mass is 32.2. The Bertz CT molecular complexity index is 640. The molecule has 2 aliphatic rings. The fourth-order valence-electron chi connectivity index (χ4n) is 3.85. The zero-order valence-corrected chi connectivity index (χ0v) is 14.1. The zero-order chi connectivity index (χ0) is 14.4. The van der Waals surface area contributed by atoms with Crippen LogP contribution in [0.4, 0.5) is 5.69 Å². The third kappa shape index (κ3) is 2.56. The molecular weight excluding hydrogens is 298 g/mol. The third-order valence-electron chi connectivity index (χ3n) is 5.01. The van der Waals surface area contributed by atoms with Crippen molar-refractivity contribution in [2.45, 2.75) is 48.1 Å². The second kappa shape index (κ2) is 5.45. The van der Waals surface area contributed by atoms with Gasteiger partial charge in [0.05, 0.1) is 10.2 Å². The lowest BCUT2D eigenvalue weighted by Crippen LogP contribution is -2.44. The van der Waals surface area contributed by atoms with Gasteiger partial charge >= 0.3 is 0 Å². The molecule has 2 unspecified atom stereocenters. The van der Waals surface area contributed by atoms with Gasteiger partial charge in [0.2, 0.25) is 0 Å². The van der Waals surface area contributed by atoms with Gasteiger partial charge in [-0.2, -0.15) is 0 Å². The van der Waals surface area contributed by atoms with Gasteiger partial charge in [-0.15, -0.1) is 11.3 Å². The van der Waals surface area contributed by atoms with Gasteiger partial charge in [0.25, 0.3) is 0 Å². The summed E-state index contributed by atoms with van der Waals surface area (Å²) in [5, 5.41) is 3.77. The lowest BCUT2D eigenvalue weighted by molar-refractivity contribution is 0.169. The molecule has 0 saturated carbocycles. The summed E-state index contributed by atoms with van der Waals surface area (Å²) in [6, 6.07) is 8.81. The average Bonchev–Trinajstić information content (AvgIpc) is 2.96. The molecule has 0 radical (unpaired) electrons. The predicted octanol–water partition coefficient (Wildman–Crippen LogP) is 4.06. The van der Waals surface area contributed by atoms with Crippen LogP contribution in [0.15, 0.2) is 22.5 Å². The van der Waals surface area contributed by atoms with Crippen LogP contribution in [-0.2, 0) is 0 Å². The third-order valence-corrected chi connectivity index (χ3v) is 7.02. The van der Waals surface area contributed by atoms with E-state index in [0.717, 1.165) is 21.9 Å². The molecule has 1 aromatic carbocycles. The predicted molar refractivity (Wildman–Crippen MR) is 92.6 cm³/mol. The highest BCUT2D eigenvalue weighted by Gasteiger charge is 2.38. The summed E-state index contributed by atoms with van der Waals surface area (Å²) in [5.74, 6) is 0. The number of rotatable bonds is 3. The fourth-order valence-corrected chi connectivity index (χ4v) is 5.37. The van der Waals surface area contributed by atoms with Crippen LogP contribution in [0.5, 0.6) is 0 Å². The van der Waals surface area contributed by atoms with Gasteiger partial charge in [0.15, 0.2) is 4.34 Å². The van der Waals surface area contributed by atoms with Crippen LogP contribution in [0.1, 0.15) is 25.7 Å². The van der Waals surface area contributed by atoms with Crippen molar-refractivity contribution in [1.29, 1.82) is 0 Å². The highest BCUT2D eigenvalue weighted by molar-refractivity contribution is 8.00. The quantitative estimate of drug-likeness (QED) is 0.864. The fraction of sp³-hybridized carbons (Fsp3) is 0.562. The number of anilines is 1. The van der Waals surface area contributed by atoms with Gasteiger partial charge in [0.1, 0.15) is 0 Å². The molecule has 0 spiro atoms. The largest absolute Gasteiger partial charge is 0.382 e. The number of nitrogens with one attached hydrogen (secondary N) is 1. The van der Waals surface area contributed by atoms with Gasteiger partial charge in [-0.1, -0.05) is 11.8 Å². The van der Waals surface area contributed by atoms with Crippen LogP contribution < -0.4 is 5.32 Å². The minimum atomic E-state index is 0.629. The van der Waals surface area contributed by atoms with Crippen LogP contribution in [0.25, 0.3) is 10.2 Å². The summed E-state index contributed by atoms with van der Waals surface area (Å²) in [7, 11) is 2.30. The molecule has 0 aliphatic carbocycles. The number of aromatic nitrogens is 1. The van der Waals surface area contributed by atoms with E-state index in [-0.39, 0.29) is 0 Å². The van der Waals surface area contributed by atoms with Crippen LogP contribution >= 0.6 is 23.1 Å². The lowest BCUT2D eigenvalue weighted by Gasteiger charge is -2.37. The minimum absolute atomic E-state index is 0.629. The molecule has 2 fully saturated rings. The highest BCUT2D eigenvalue weighted by Crippen LogP contribution is 2.36. The van der Waals surface area contributed by atoms with Crippen molar-refractivity contribution in [2.24, 2.45) is 0 Å². The van der Waals surface area contributed by atoms with Crippen molar-refractivity contribution >= 4 is 39.0 Å². The number of hydrogen-bond donors (Lipinski definition) is 1. The second-order valence-electron chi connectivity index (χ2n) is 6.23. The first kappa shape index (κ1) is 13.9. The Balaban J connectivity index is 1.52. The lowest BCUT2D eigenvalue weighted by atomic mass is 9.98. The van der Waals surface area contributed by atoms with Gasteiger partial charge in [-0.05, 0) is 57.2 Å². The Labute approximate surface area is 134 Å². The van der Waals surface area contributed by atoms with Crippen LogP contribution in [0.3, 0.4) is 0 Å². The Hall–Kier alpha value is -0.780. The van der Waals surface area contributed by atoms with Crippen molar-refractivity contribution in [1.82, 2.24) is 9.88 Å². The van der Waals surface area contributed by atoms with Gasteiger partial charge in [0, 0.05) is 23.8 Å². The van der Waals surface area contributed by atoms with Crippen molar-refractivity contribution in [3.63, 3.8) is 0 Å². The maximum atomic E-state index is 4.61. The maximum absolute atomic E-state index is 4.61. The minimum Gasteiger partial charge on any atom is -0.382 e. The van der Waals surface area contributed by atoms with Crippen molar-refractivity contribution in [3.8, 4) is 0 Å². The van der Waals surface area contributed by atoms with Gasteiger partial charge in [-0.25, -0.2) is 4.98 Å². The number of thiazole rings is 1. The molecule has 2 saturated heterocycles. The van der Waals surface area contributed by atoms with Crippen LogP contribution in [0.2, 0.25) is 0 Å². The van der Waals surface area contributed by atoms with Crippen LogP contribution in [-0.4, -0.2) is 41.3 Å². The maximum Gasteiger partial charge on any atom is 0.150 e. The SMILES string of the molecule is CSc1nc2ccc(NC3CC4CCC(C3)N4C)cc2s1. The Morgan fingerprint density at radius 1 is 1.29 bits per heavy atom. The van der Waals surface area contributed by atoms with Crippen molar-refractivity contribution in [2.75, 3.05) is 18.6 Å². The second-order valence-corrected chi connectivity index (χ2v) is 8.31. The molecule has 3 nitrogen and oxygen atoms in total. The van der Waals surface area contributed by atoms with E-state index in [1.54, 1.807) is 23.1 Å². The number of fused-ring (bicyclic) bond motifs is 3. The summed E-state index contributed by atoms with van der Waals surface area (Å²) in [4.78, 5) is 7.20. The van der Waals surface area contributed by atoms with Crippen molar-refractivity contribution < 1.29 is 0 Å². The van der Waals surface area contributed by atoms with E-state index in [1.165, 1.54) is 36.1 Å². The van der Waals surface area contributed by atoms with Crippen molar-refractivity contribution in [3.05, 3.63) is 18.2 Å². The monoisotopic (exact) mass is 319 g/mol. The smallest absolute Gasteiger partial charge is 0.150 e. The molecule has 0 amide bonds.